The van der Waals surface area contributed by atoms with Crippen molar-refractivity contribution in [1.29, 1.82) is 0 Å². The van der Waals surface area contributed by atoms with Gasteiger partial charge >= 0.3 is 6.09 Å². The van der Waals surface area contributed by atoms with Crippen molar-refractivity contribution in [1.82, 2.24) is 5.32 Å². The van der Waals surface area contributed by atoms with Crippen LogP contribution in [0.4, 0.5) is 4.79 Å². The molecule has 0 radical (unpaired) electrons. The number of fused-ring (bicyclic) bond motifs is 3. The Morgan fingerprint density at radius 3 is 1.36 bits per heavy atom. The van der Waals surface area contributed by atoms with Crippen molar-refractivity contribution in [2.24, 2.45) is 0 Å². The Morgan fingerprint density at radius 1 is 0.556 bits per heavy atom. The van der Waals surface area contributed by atoms with Crippen molar-refractivity contribution in [3.05, 3.63) is 59.7 Å². The van der Waals surface area contributed by atoms with Gasteiger partial charge in [0, 0.05) is 25.7 Å². The van der Waals surface area contributed by atoms with Crippen LogP contribution < -0.4 is 5.32 Å². The molecule has 0 aromatic heterocycles. The molecule has 45 heavy (non-hydrogen) atoms. The molecule has 0 fully saturated rings. The van der Waals surface area contributed by atoms with E-state index in [-0.39, 0.29) is 5.92 Å². The third-order valence-electron chi connectivity index (χ3n) is 6.89. The summed E-state index contributed by atoms with van der Waals surface area (Å²) in [6.45, 7) is 11.4. The highest BCUT2D eigenvalue weighted by molar-refractivity contribution is 5.79. The lowest BCUT2D eigenvalue weighted by Gasteiger charge is -2.14. The van der Waals surface area contributed by atoms with Gasteiger partial charge in [0.2, 0.25) is 0 Å². The smallest absolute Gasteiger partial charge is 0.407 e. The Balaban J connectivity index is 1.01. The van der Waals surface area contributed by atoms with Gasteiger partial charge in [0.05, 0.1) is 92.5 Å². The Morgan fingerprint density at radius 2 is 0.933 bits per heavy atom. The van der Waals surface area contributed by atoms with Crippen LogP contribution in [-0.2, 0) is 42.6 Å². The van der Waals surface area contributed by atoms with E-state index in [0.29, 0.717) is 125 Å². The van der Waals surface area contributed by atoms with Crippen LogP contribution in [0.15, 0.2) is 48.5 Å². The van der Waals surface area contributed by atoms with Gasteiger partial charge in [0.15, 0.2) is 0 Å². The normalized spacial score (nSPS) is 12.3. The molecule has 0 saturated carbocycles. The fourth-order valence-electron chi connectivity index (χ4n) is 4.70. The largest absolute Gasteiger partial charge is 0.449 e. The first-order valence-corrected chi connectivity index (χ1v) is 16.0. The average molecular weight is 634 g/mol. The van der Waals surface area contributed by atoms with Gasteiger partial charge in [-0.15, -0.1) is 0 Å². The Labute approximate surface area is 267 Å². The van der Waals surface area contributed by atoms with Crippen molar-refractivity contribution in [3.8, 4) is 11.1 Å². The van der Waals surface area contributed by atoms with Crippen molar-refractivity contribution >= 4 is 6.09 Å². The van der Waals surface area contributed by atoms with Crippen LogP contribution in [0.25, 0.3) is 11.1 Å². The fraction of sp³-hybridized carbons (Fsp3) is 0.618. The summed E-state index contributed by atoms with van der Waals surface area (Å²) >= 11 is 0. The second-order valence-electron chi connectivity index (χ2n) is 10.1. The molecule has 0 unspecified atom stereocenters. The van der Waals surface area contributed by atoms with E-state index in [1.54, 1.807) is 0 Å². The van der Waals surface area contributed by atoms with E-state index in [1.807, 2.05) is 31.2 Å². The van der Waals surface area contributed by atoms with Crippen LogP contribution in [0.2, 0.25) is 0 Å². The maximum Gasteiger partial charge on any atom is 0.407 e. The summed E-state index contributed by atoms with van der Waals surface area (Å²) in [6.07, 6.45) is 0.281. The van der Waals surface area contributed by atoms with E-state index in [2.05, 4.69) is 29.6 Å². The van der Waals surface area contributed by atoms with Gasteiger partial charge in [-0.25, -0.2) is 4.79 Å². The number of ether oxygens (including phenoxy) is 9. The van der Waals surface area contributed by atoms with Crippen molar-refractivity contribution in [2.45, 2.75) is 19.3 Å². The highest BCUT2D eigenvalue weighted by atomic mass is 16.6. The summed E-state index contributed by atoms with van der Waals surface area (Å²) in [5.41, 5.74) is 4.82. The maximum absolute atomic E-state index is 12.2. The minimum atomic E-state index is -0.410. The zero-order valence-electron chi connectivity index (χ0n) is 26.7. The molecule has 0 atom stereocenters. The molecule has 0 heterocycles. The fourth-order valence-corrected chi connectivity index (χ4v) is 4.70. The molecule has 11 nitrogen and oxygen atoms in total. The van der Waals surface area contributed by atoms with Gasteiger partial charge in [-0.05, 0) is 35.6 Å². The average Bonchev–Trinajstić information content (AvgIpc) is 3.39. The molecule has 0 spiro atoms. The molecular formula is C34H51NO10. The Kier molecular flexibility index (Phi) is 20.1. The Bertz CT molecular complexity index is 994. The monoisotopic (exact) mass is 633 g/mol. The molecule has 0 bridgehead atoms. The van der Waals surface area contributed by atoms with Crippen molar-refractivity contribution in [2.75, 3.05) is 119 Å². The lowest BCUT2D eigenvalue weighted by atomic mass is 9.98. The number of benzene rings is 2. The first-order chi connectivity index (χ1) is 22.3. The summed E-state index contributed by atoms with van der Waals surface area (Å²) in [5, 5.41) is 2.80. The quantitative estimate of drug-likeness (QED) is 0.138. The standard InChI is InChI=1S/C34H51NO10/c1-2-37-14-15-39-18-19-41-22-23-43-26-27-44-25-24-42-21-20-40-17-16-38-13-7-12-35-34(36)45-28-33-31-10-5-3-8-29(31)30-9-4-6-11-32(30)33/h3-6,8-11,33H,2,7,12-28H2,1H3,(H,35,36). The molecule has 11 heteroatoms. The van der Waals surface area contributed by atoms with Gasteiger partial charge in [-0.3, -0.25) is 0 Å². The van der Waals surface area contributed by atoms with Crippen LogP contribution in [0.5, 0.6) is 0 Å². The van der Waals surface area contributed by atoms with E-state index in [0.717, 1.165) is 0 Å². The van der Waals surface area contributed by atoms with E-state index in [1.165, 1.54) is 22.3 Å². The second-order valence-corrected chi connectivity index (χ2v) is 10.1. The van der Waals surface area contributed by atoms with Crippen LogP contribution in [-0.4, -0.2) is 125 Å². The van der Waals surface area contributed by atoms with E-state index < -0.39 is 6.09 Å². The number of carbonyl (C=O) groups is 1. The summed E-state index contributed by atoms with van der Waals surface area (Å²) in [4.78, 5) is 12.2. The van der Waals surface area contributed by atoms with E-state index in [9.17, 15) is 4.79 Å². The number of nitrogens with one attached hydrogen (secondary N) is 1. The number of hydrogen-bond acceptors (Lipinski definition) is 10. The molecule has 1 N–H and O–H groups in total. The number of carbonyl (C=O) groups excluding carboxylic acids is 1. The minimum absolute atomic E-state index is 0.0557. The van der Waals surface area contributed by atoms with Crippen LogP contribution in [0, 0.1) is 0 Å². The molecule has 2 aromatic carbocycles. The highest BCUT2D eigenvalue weighted by Crippen LogP contribution is 2.44. The van der Waals surface area contributed by atoms with Gasteiger partial charge in [0.1, 0.15) is 6.61 Å². The second kappa shape index (κ2) is 24.6. The molecule has 1 aliphatic carbocycles. The summed E-state index contributed by atoms with van der Waals surface area (Å²) < 4.78 is 49.0. The van der Waals surface area contributed by atoms with Gasteiger partial charge in [-0.1, -0.05) is 48.5 Å². The molecule has 3 rings (SSSR count). The lowest BCUT2D eigenvalue weighted by Crippen LogP contribution is -2.27. The molecule has 0 aliphatic heterocycles. The SMILES string of the molecule is CCOCCOCCOCCOCCOCCOCCOCCOCCCNC(=O)OCC1c2ccccc2-c2ccccc21. The first-order valence-electron chi connectivity index (χ1n) is 16.0. The molecular weight excluding hydrogens is 582 g/mol. The summed E-state index contributed by atoms with van der Waals surface area (Å²) in [5.74, 6) is 0.0557. The molecule has 1 amide bonds. The highest BCUT2D eigenvalue weighted by Gasteiger charge is 2.28. The van der Waals surface area contributed by atoms with Gasteiger partial charge in [0.25, 0.3) is 0 Å². The first kappa shape index (κ1) is 36.9. The van der Waals surface area contributed by atoms with Gasteiger partial charge in [-0.2, -0.15) is 0 Å². The number of hydrogen-bond donors (Lipinski definition) is 1. The van der Waals surface area contributed by atoms with E-state index in [4.69, 9.17) is 42.6 Å². The Hall–Kier alpha value is -2.61. The third kappa shape index (κ3) is 15.5. The molecule has 252 valence electrons. The molecule has 1 aliphatic rings. The number of rotatable bonds is 28. The van der Waals surface area contributed by atoms with Crippen LogP contribution in [0.3, 0.4) is 0 Å². The predicted octanol–water partition coefficient (Wildman–Crippen LogP) is 4.07. The van der Waals surface area contributed by atoms with E-state index >= 15 is 0 Å². The summed E-state index contributed by atoms with van der Waals surface area (Å²) in [7, 11) is 0. The van der Waals surface area contributed by atoms with Crippen LogP contribution >= 0.6 is 0 Å². The van der Waals surface area contributed by atoms with Crippen molar-refractivity contribution < 1.29 is 47.4 Å². The molecule has 0 saturated heterocycles. The van der Waals surface area contributed by atoms with Gasteiger partial charge < -0.3 is 47.9 Å². The summed E-state index contributed by atoms with van der Waals surface area (Å²) in [6, 6.07) is 16.6. The third-order valence-corrected chi connectivity index (χ3v) is 6.89. The lowest BCUT2D eigenvalue weighted by molar-refractivity contribution is -0.0228. The zero-order valence-corrected chi connectivity index (χ0v) is 26.7. The minimum Gasteiger partial charge on any atom is -0.449 e. The zero-order chi connectivity index (χ0) is 31.6. The van der Waals surface area contributed by atoms with Crippen molar-refractivity contribution in [3.63, 3.8) is 0 Å². The number of alkyl carbamates (subject to hydrolysis) is 1. The maximum atomic E-state index is 12.2. The van der Waals surface area contributed by atoms with Crippen LogP contribution in [0.1, 0.15) is 30.4 Å². The topological polar surface area (TPSA) is 112 Å². The predicted molar refractivity (Wildman–Crippen MR) is 170 cm³/mol. The number of amides is 1. The molecule has 2 aromatic rings.